The van der Waals surface area contributed by atoms with Crippen molar-refractivity contribution in [1.82, 2.24) is 15.6 Å². The molecule has 1 heterocycles. The van der Waals surface area contributed by atoms with Gasteiger partial charge in [0.25, 0.3) is 5.91 Å². The zero-order valence-electron chi connectivity index (χ0n) is 18.7. The molecule has 0 bridgehead atoms. The lowest BCUT2D eigenvalue weighted by atomic mass is 10.1. The molecule has 2 amide bonds. The molecular formula is C25H26ClN3O5. The van der Waals surface area contributed by atoms with E-state index in [4.69, 9.17) is 21.1 Å². The third kappa shape index (κ3) is 7.38. The maximum atomic E-state index is 12.7. The van der Waals surface area contributed by atoms with E-state index >= 15 is 0 Å². The Labute approximate surface area is 202 Å². The molecule has 0 unspecified atom stereocenters. The lowest BCUT2D eigenvalue weighted by molar-refractivity contribution is -0.143. The molecule has 1 atom stereocenters. The van der Waals surface area contributed by atoms with E-state index in [1.807, 2.05) is 42.5 Å². The second-order valence-electron chi connectivity index (χ2n) is 7.47. The average molecular weight is 484 g/mol. The summed E-state index contributed by atoms with van der Waals surface area (Å²) in [7, 11) is 1.26. The van der Waals surface area contributed by atoms with Gasteiger partial charge in [-0.1, -0.05) is 54.1 Å². The smallest absolute Gasteiger partial charge is 0.407 e. The third-order valence-corrected chi connectivity index (χ3v) is 5.28. The van der Waals surface area contributed by atoms with Gasteiger partial charge < -0.3 is 25.1 Å². The number of ether oxygens (including phenoxy) is 2. The van der Waals surface area contributed by atoms with Crippen LogP contribution in [0.4, 0.5) is 4.79 Å². The molecule has 0 fully saturated rings. The second-order valence-corrected chi connectivity index (χ2v) is 7.91. The summed E-state index contributed by atoms with van der Waals surface area (Å²) in [5.41, 5.74) is 2.81. The van der Waals surface area contributed by atoms with Crippen molar-refractivity contribution in [3.05, 3.63) is 83.0 Å². The highest BCUT2D eigenvalue weighted by atomic mass is 35.5. The fourth-order valence-corrected chi connectivity index (χ4v) is 3.35. The number of aromatic amines is 1. The van der Waals surface area contributed by atoms with Gasteiger partial charge in [-0.3, -0.25) is 4.79 Å². The quantitative estimate of drug-likeness (QED) is 0.294. The average Bonchev–Trinajstić information content (AvgIpc) is 3.35. The molecule has 1 aromatic heterocycles. The molecule has 178 valence electrons. The summed E-state index contributed by atoms with van der Waals surface area (Å²) >= 11 is 5.92. The standard InChI is InChI=1S/C25H26ClN3O5/c1-33-24(31)22(8-5-15-27-25(32)34-16-17-6-3-2-4-7-17)29-23(30)21-14-13-20(28-21)18-9-11-19(26)12-10-18/h2-4,6-7,9-14,22,28H,5,8,15-16H2,1H3,(H,27,32)(H,29,30)/t22-/m1/s1. The number of hydrogen-bond acceptors (Lipinski definition) is 5. The van der Waals surface area contributed by atoms with E-state index < -0.39 is 24.0 Å². The fraction of sp³-hybridized carbons (Fsp3) is 0.240. The van der Waals surface area contributed by atoms with Crippen LogP contribution in [0.3, 0.4) is 0 Å². The Morgan fingerprint density at radius 1 is 1.00 bits per heavy atom. The second kappa shape index (κ2) is 12.5. The van der Waals surface area contributed by atoms with Crippen molar-refractivity contribution >= 4 is 29.6 Å². The Balaban J connectivity index is 1.47. The third-order valence-electron chi connectivity index (χ3n) is 5.03. The van der Waals surface area contributed by atoms with Crippen molar-refractivity contribution < 1.29 is 23.9 Å². The number of nitrogens with one attached hydrogen (secondary N) is 3. The SMILES string of the molecule is COC(=O)[C@@H](CCCNC(=O)OCc1ccccc1)NC(=O)c1ccc(-c2ccc(Cl)cc2)[nH]1. The van der Waals surface area contributed by atoms with Gasteiger partial charge in [0.2, 0.25) is 0 Å². The summed E-state index contributed by atoms with van der Waals surface area (Å²) < 4.78 is 9.96. The molecule has 34 heavy (non-hydrogen) atoms. The number of H-pyrrole nitrogens is 1. The van der Waals surface area contributed by atoms with E-state index in [0.717, 1.165) is 16.8 Å². The molecule has 0 saturated heterocycles. The molecule has 3 N–H and O–H groups in total. The molecule has 9 heteroatoms. The van der Waals surface area contributed by atoms with Crippen molar-refractivity contribution in [3.8, 4) is 11.3 Å². The van der Waals surface area contributed by atoms with Gasteiger partial charge in [-0.15, -0.1) is 0 Å². The number of rotatable bonds is 10. The zero-order chi connectivity index (χ0) is 24.3. The first-order valence-corrected chi connectivity index (χ1v) is 11.1. The van der Waals surface area contributed by atoms with Gasteiger partial charge in [-0.2, -0.15) is 0 Å². The minimum absolute atomic E-state index is 0.168. The van der Waals surface area contributed by atoms with E-state index in [-0.39, 0.29) is 19.6 Å². The summed E-state index contributed by atoms with van der Waals surface area (Å²) in [5.74, 6) is -1.00. The first-order valence-electron chi connectivity index (χ1n) is 10.7. The Morgan fingerprint density at radius 2 is 1.74 bits per heavy atom. The van der Waals surface area contributed by atoms with Gasteiger partial charge in [0.15, 0.2) is 0 Å². The van der Waals surface area contributed by atoms with Gasteiger partial charge in [0.1, 0.15) is 18.3 Å². The number of benzene rings is 2. The van der Waals surface area contributed by atoms with Gasteiger partial charge in [0.05, 0.1) is 7.11 Å². The maximum Gasteiger partial charge on any atom is 0.407 e. The largest absolute Gasteiger partial charge is 0.467 e. The monoisotopic (exact) mass is 483 g/mol. The summed E-state index contributed by atoms with van der Waals surface area (Å²) in [5, 5.41) is 5.94. The molecule has 2 aromatic carbocycles. The lowest BCUT2D eigenvalue weighted by Gasteiger charge is -2.16. The number of halogens is 1. The van der Waals surface area contributed by atoms with E-state index in [9.17, 15) is 14.4 Å². The minimum Gasteiger partial charge on any atom is -0.467 e. The molecular weight excluding hydrogens is 458 g/mol. The van der Waals surface area contributed by atoms with Gasteiger partial charge in [0, 0.05) is 17.3 Å². The molecule has 0 aliphatic carbocycles. The summed E-state index contributed by atoms with van der Waals surface area (Å²) in [6.45, 7) is 0.446. The predicted molar refractivity (Wildman–Crippen MR) is 128 cm³/mol. The Bertz CT molecular complexity index is 1100. The number of carbonyl (C=O) groups excluding carboxylic acids is 3. The van der Waals surface area contributed by atoms with Crippen LogP contribution < -0.4 is 10.6 Å². The summed E-state index contributed by atoms with van der Waals surface area (Å²) in [6, 6.07) is 19.1. The van der Waals surface area contributed by atoms with Crippen LogP contribution >= 0.6 is 11.6 Å². The van der Waals surface area contributed by atoms with Crippen LogP contribution in [0.1, 0.15) is 28.9 Å². The number of methoxy groups -OCH3 is 1. The molecule has 0 aliphatic heterocycles. The van der Waals surface area contributed by atoms with Gasteiger partial charge in [-0.05, 0) is 48.2 Å². The number of carbonyl (C=O) groups is 3. The minimum atomic E-state index is -0.859. The predicted octanol–water partition coefficient (Wildman–Crippen LogP) is 4.31. The first-order chi connectivity index (χ1) is 16.5. The van der Waals surface area contributed by atoms with Crippen LogP contribution in [0.25, 0.3) is 11.3 Å². The first kappa shape index (κ1) is 24.9. The molecule has 0 saturated carbocycles. The summed E-state index contributed by atoms with van der Waals surface area (Å²) in [6.07, 6.45) is 0.159. The number of amides is 2. The molecule has 0 radical (unpaired) electrons. The summed E-state index contributed by atoms with van der Waals surface area (Å²) in [4.78, 5) is 39.7. The highest BCUT2D eigenvalue weighted by Gasteiger charge is 2.22. The lowest BCUT2D eigenvalue weighted by Crippen LogP contribution is -2.42. The molecule has 3 aromatic rings. The number of hydrogen-bond donors (Lipinski definition) is 3. The van der Waals surface area contributed by atoms with Gasteiger partial charge >= 0.3 is 12.1 Å². The zero-order valence-corrected chi connectivity index (χ0v) is 19.4. The van der Waals surface area contributed by atoms with Crippen LogP contribution in [0.5, 0.6) is 0 Å². The Hall–Kier alpha value is -3.78. The fourth-order valence-electron chi connectivity index (χ4n) is 3.22. The molecule has 0 aliphatic rings. The van der Waals surface area contributed by atoms with Crippen LogP contribution in [-0.2, 0) is 20.9 Å². The molecule has 8 nitrogen and oxygen atoms in total. The van der Waals surface area contributed by atoms with E-state index in [2.05, 4.69) is 15.6 Å². The number of alkyl carbamates (subject to hydrolysis) is 1. The molecule has 3 rings (SSSR count). The maximum absolute atomic E-state index is 12.7. The van der Waals surface area contributed by atoms with Crippen molar-refractivity contribution in [2.45, 2.75) is 25.5 Å². The van der Waals surface area contributed by atoms with E-state index in [1.165, 1.54) is 7.11 Å². The van der Waals surface area contributed by atoms with E-state index in [1.54, 1.807) is 24.3 Å². The molecule has 0 spiro atoms. The number of aromatic nitrogens is 1. The van der Waals surface area contributed by atoms with Crippen molar-refractivity contribution in [1.29, 1.82) is 0 Å². The van der Waals surface area contributed by atoms with E-state index in [0.29, 0.717) is 17.1 Å². The van der Waals surface area contributed by atoms with Crippen LogP contribution in [0.2, 0.25) is 5.02 Å². The van der Waals surface area contributed by atoms with Gasteiger partial charge in [-0.25, -0.2) is 9.59 Å². The van der Waals surface area contributed by atoms with Crippen molar-refractivity contribution in [2.24, 2.45) is 0 Å². The highest BCUT2D eigenvalue weighted by Crippen LogP contribution is 2.21. The van der Waals surface area contributed by atoms with Crippen LogP contribution in [0, 0.1) is 0 Å². The van der Waals surface area contributed by atoms with Crippen LogP contribution in [0.15, 0.2) is 66.7 Å². The van der Waals surface area contributed by atoms with Crippen molar-refractivity contribution in [2.75, 3.05) is 13.7 Å². The topological polar surface area (TPSA) is 110 Å². The van der Waals surface area contributed by atoms with Crippen LogP contribution in [-0.4, -0.2) is 42.7 Å². The van der Waals surface area contributed by atoms with Crippen molar-refractivity contribution in [3.63, 3.8) is 0 Å². The normalized spacial score (nSPS) is 11.4. The highest BCUT2D eigenvalue weighted by molar-refractivity contribution is 6.30. The number of esters is 1. The Kier molecular flexibility index (Phi) is 9.11. The Morgan fingerprint density at radius 3 is 2.44 bits per heavy atom.